The van der Waals surface area contributed by atoms with Crippen molar-refractivity contribution in [3.63, 3.8) is 0 Å². The lowest BCUT2D eigenvalue weighted by atomic mass is 9.99. The maximum Gasteiger partial charge on any atom is 0.143 e. The molecule has 0 rings (SSSR count). The maximum atomic E-state index is 11.2. The minimum absolute atomic E-state index is 0.223. The summed E-state index contributed by atoms with van der Waals surface area (Å²) in [5.41, 5.74) is 1.04. The van der Waals surface area contributed by atoms with Crippen LogP contribution >= 0.6 is 0 Å². The van der Waals surface area contributed by atoms with Crippen LogP contribution in [0.5, 0.6) is 0 Å². The number of unbranched alkanes of at least 4 members (excludes halogenated alkanes) is 1. The van der Waals surface area contributed by atoms with Crippen molar-refractivity contribution in [2.75, 3.05) is 26.2 Å². The van der Waals surface area contributed by atoms with Gasteiger partial charge in [0.2, 0.25) is 0 Å². The van der Waals surface area contributed by atoms with E-state index in [1.807, 2.05) is 0 Å². The molecule has 0 aliphatic carbocycles. The molecule has 3 nitrogen and oxygen atoms in total. The molecule has 0 fully saturated rings. The van der Waals surface area contributed by atoms with Crippen molar-refractivity contribution < 1.29 is 4.79 Å². The van der Waals surface area contributed by atoms with Crippen LogP contribution in [0.3, 0.4) is 0 Å². The summed E-state index contributed by atoms with van der Waals surface area (Å²) in [6, 6.07) is 0. The van der Waals surface area contributed by atoms with Crippen LogP contribution in [0, 0.1) is 5.92 Å². The molecule has 0 spiro atoms. The normalized spacial score (nSPS) is 12.4. The Hall–Kier alpha value is -0.830. The summed E-state index contributed by atoms with van der Waals surface area (Å²) in [6.07, 6.45) is 6.14. The van der Waals surface area contributed by atoms with Crippen LogP contribution in [-0.4, -0.2) is 36.9 Å². The van der Waals surface area contributed by atoms with E-state index in [2.05, 4.69) is 37.6 Å². The van der Waals surface area contributed by atoms with Gasteiger partial charge in [-0.15, -0.1) is 0 Å². The van der Waals surface area contributed by atoms with E-state index in [4.69, 9.17) is 0 Å². The van der Waals surface area contributed by atoms with Gasteiger partial charge in [0.25, 0.3) is 0 Å². The molecule has 0 radical (unpaired) electrons. The highest BCUT2D eigenvalue weighted by molar-refractivity contribution is 5.77. The van der Waals surface area contributed by atoms with Crippen molar-refractivity contribution in [2.24, 2.45) is 5.92 Å². The Balaban J connectivity index is 4.07. The predicted octanol–water partition coefficient (Wildman–Crippen LogP) is 3.61. The molecule has 1 atom stereocenters. The SMILES string of the molecule is C=C(CN(CCC)CC(C)=O)NCC(CC)CCCC. The molecule has 0 aliphatic heterocycles. The highest BCUT2D eigenvalue weighted by Gasteiger charge is 2.10. The molecule has 0 aliphatic rings. The Morgan fingerprint density at radius 2 is 1.90 bits per heavy atom. The average Bonchev–Trinajstić information content (AvgIpc) is 2.38. The summed E-state index contributed by atoms with van der Waals surface area (Å²) in [5.74, 6) is 0.958. The van der Waals surface area contributed by atoms with Gasteiger partial charge in [-0.05, 0) is 32.2 Å². The number of nitrogens with zero attached hydrogens (tertiary/aromatic N) is 1. The van der Waals surface area contributed by atoms with Crippen molar-refractivity contribution >= 4 is 5.78 Å². The van der Waals surface area contributed by atoms with Crippen LogP contribution in [0.25, 0.3) is 0 Å². The van der Waals surface area contributed by atoms with Crippen molar-refractivity contribution in [1.82, 2.24) is 10.2 Å². The first-order valence-electron chi connectivity index (χ1n) is 8.16. The van der Waals surface area contributed by atoms with E-state index in [-0.39, 0.29) is 5.78 Å². The molecule has 118 valence electrons. The molecule has 0 aromatic carbocycles. The zero-order chi connectivity index (χ0) is 15.4. The van der Waals surface area contributed by atoms with Crippen LogP contribution < -0.4 is 5.32 Å². The first-order valence-corrected chi connectivity index (χ1v) is 8.16. The van der Waals surface area contributed by atoms with Gasteiger partial charge < -0.3 is 5.32 Å². The van der Waals surface area contributed by atoms with Crippen LogP contribution in [0.2, 0.25) is 0 Å². The predicted molar refractivity (Wildman–Crippen MR) is 87.9 cm³/mol. The van der Waals surface area contributed by atoms with E-state index in [1.54, 1.807) is 6.92 Å². The molecule has 0 saturated heterocycles. The smallest absolute Gasteiger partial charge is 0.143 e. The number of ketones is 1. The Morgan fingerprint density at radius 1 is 1.20 bits per heavy atom. The van der Waals surface area contributed by atoms with Crippen molar-refractivity contribution in [1.29, 1.82) is 0 Å². The van der Waals surface area contributed by atoms with E-state index in [9.17, 15) is 4.79 Å². The summed E-state index contributed by atoms with van der Waals surface area (Å²) in [5, 5.41) is 3.46. The summed E-state index contributed by atoms with van der Waals surface area (Å²) >= 11 is 0. The Morgan fingerprint density at radius 3 is 2.40 bits per heavy atom. The van der Waals surface area contributed by atoms with E-state index in [0.717, 1.165) is 37.7 Å². The zero-order valence-electron chi connectivity index (χ0n) is 14.0. The van der Waals surface area contributed by atoms with Crippen molar-refractivity contribution in [3.05, 3.63) is 12.3 Å². The van der Waals surface area contributed by atoms with Gasteiger partial charge in [0, 0.05) is 18.8 Å². The molecule has 0 aromatic heterocycles. The number of nitrogens with one attached hydrogen (secondary N) is 1. The molecule has 0 bridgehead atoms. The third-order valence-electron chi connectivity index (χ3n) is 3.58. The highest BCUT2D eigenvalue weighted by atomic mass is 16.1. The van der Waals surface area contributed by atoms with Gasteiger partial charge >= 0.3 is 0 Å². The first kappa shape index (κ1) is 19.2. The molecular formula is C17H34N2O. The second kappa shape index (κ2) is 12.0. The minimum Gasteiger partial charge on any atom is -0.387 e. The number of Topliss-reactive ketones (excluding diaryl/α,β-unsaturated/α-hetero) is 1. The second-order valence-corrected chi connectivity index (χ2v) is 5.81. The summed E-state index contributed by atoms with van der Waals surface area (Å²) in [6.45, 7) is 15.7. The fourth-order valence-corrected chi connectivity index (χ4v) is 2.40. The van der Waals surface area contributed by atoms with E-state index >= 15 is 0 Å². The third-order valence-corrected chi connectivity index (χ3v) is 3.58. The lowest BCUT2D eigenvalue weighted by Gasteiger charge is -2.23. The van der Waals surface area contributed by atoms with Crippen molar-refractivity contribution in [3.8, 4) is 0 Å². The van der Waals surface area contributed by atoms with E-state index < -0.39 is 0 Å². The van der Waals surface area contributed by atoms with Gasteiger partial charge in [-0.2, -0.15) is 0 Å². The molecule has 1 N–H and O–H groups in total. The molecule has 0 amide bonds. The Kier molecular flexibility index (Phi) is 11.5. The number of carbonyl (C=O) groups is 1. The van der Waals surface area contributed by atoms with Crippen LogP contribution in [0.4, 0.5) is 0 Å². The average molecular weight is 282 g/mol. The Bertz CT molecular complexity index is 276. The minimum atomic E-state index is 0.223. The van der Waals surface area contributed by atoms with E-state index in [1.165, 1.54) is 25.7 Å². The number of hydrogen-bond acceptors (Lipinski definition) is 3. The monoisotopic (exact) mass is 282 g/mol. The van der Waals surface area contributed by atoms with Gasteiger partial charge in [0.1, 0.15) is 5.78 Å². The van der Waals surface area contributed by atoms with Crippen LogP contribution in [0.15, 0.2) is 12.3 Å². The Labute approximate surface area is 125 Å². The molecule has 20 heavy (non-hydrogen) atoms. The highest BCUT2D eigenvalue weighted by Crippen LogP contribution is 2.11. The second-order valence-electron chi connectivity index (χ2n) is 5.81. The van der Waals surface area contributed by atoms with Crippen molar-refractivity contribution in [2.45, 2.75) is 59.8 Å². The molecule has 0 aromatic rings. The molecular weight excluding hydrogens is 248 g/mol. The van der Waals surface area contributed by atoms with Gasteiger partial charge in [-0.3, -0.25) is 9.69 Å². The van der Waals surface area contributed by atoms with Gasteiger partial charge in [0.05, 0.1) is 6.54 Å². The zero-order valence-corrected chi connectivity index (χ0v) is 14.0. The fraction of sp³-hybridized carbons (Fsp3) is 0.824. The van der Waals surface area contributed by atoms with Gasteiger partial charge in [-0.1, -0.05) is 46.6 Å². The summed E-state index contributed by atoms with van der Waals surface area (Å²) < 4.78 is 0. The molecule has 0 saturated carbocycles. The number of rotatable bonds is 13. The lowest BCUT2D eigenvalue weighted by molar-refractivity contribution is -0.118. The van der Waals surface area contributed by atoms with Gasteiger partial charge in [0.15, 0.2) is 0 Å². The summed E-state index contributed by atoms with van der Waals surface area (Å²) in [7, 11) is 0. The van der Waals surface area contributed by atoms with Crippen LogP contribution in [-0.2, 0) is 4.79 Å². The number of carbonyl (C=O) groups excluding carboxylic acids is 1. The standard InChI is InChI=1S/C17H34N2O/c1-6-9-10-17(8-3)12-18-15(4)13-19(11-7-2)14-16(5)20/h17-18H,4,6-14H2,1-3,5H3. The number of hydrogen-bond donors (Lipinski definition) is 1. The topological polar surface area (TPSA) is 32.3 Å². The fourth-order valence-electron chi connectivity index (χ4n) is 2.40. The third kappa shape index (κ3) is 10.0. The summed E-state index contributed by atoms with van der Waals surface area (Å²) in [4.78, 5) is 13.4. The lowest BCUT2D eigenvalue weighted by Crippen LogP contribution is -2.35. The largest absolute Gasteiger partial charge is 0.387 e. The van der Waals surface area contributed by atoms with Gasteiger partial charge in [-0.25, -0.2) is 0 Å². The van der Waals surface area contributed by atoms with E-state index in [0.29, 0.717) is 6.54 Å². The van der Waals surface area contributed by atoms with Crippen LogP contribution in [0.1, 0.15) is 59.8 Å². The maximum absolute atomic E-state index is 11.2. The molecule has 1 unspecified atom stereocenters. The molecule has 3 heteroatoms. The first-order chi connectivity index (χ1) is 9.53. The quantitative estimate of drug-likeness (QED) is 0.560. The molecule has 0 heterocycles.